The van der Waals surface area contributed by atoms with E-state index in [1.54, 1.807) is 66.7 Å². The number of anilines is 2. The third kappa shape index (κ3) is 24.4. The van der Waals surface area contributed by atoms with Crippen molar-refractivity contribution in [3.63, 3.8) is 0 Å². The van der Waals surface area contributed by atoms with Crippen LogP contribution in [0.5, 0.6) is 11.5 Å². The molecule has 28 nitrogen and oxygen atoms in total. The van der Waals surface area contributed by atoms with Crippen LogP contribution in [-0.4, -0.2) is 157 Å². The van der Waals surface area contributed by atoms with Crippen molar-refractivity contribution >= 4 is 82.6 Å². The van der Waals surface area contributed by atoms with Gasteiger partial charge in [-0.25, -0.2) is 18.4 Å². The monoisotopic (exact) mass is 1340 g/mol. The Kier molecular flexibility index (Phi) is 28.9. The van der Waals surface area contributed by atoms with Crippen molar-refractivity contribution in [2.45, 2.75) is 94.4 Å². The minimum atomic E-state index is -1.97. The van der Waals surface area contributed by atoms with E-state index < -0.39 is 132 Å². The number of esters is 1. The number of aliphatic carboxylic acids is 1. The van der Waals surface area contributed by atoms with Crippen molar-refractivity contribution in [3.05, 3.63) is 155 Å². The van der Waals surface area contributed by atoms with E-state index in [-0.39, 0.29) is 126 Å². The summed E-state index contributed by atoms with van der Waals surface area (Å²) >= 11 is 0. The first-order chi connectivity index (χ1) is 45.9. The van der Waals surface area contributed by atoms with Gasteiger partial charge in [0.25, 0.3) is 5.91 Å². The predicted molar refractivity (Wildman–Crippen MR) is 336 cm³/mol. The van der Waals surface area contributed by atoms with Crippen LogP contribution < -0.4 is 68.8 Å². The molecule has 0 aromatic heterocycles. The summed E-state index contributed by atoms with van der Waals surface area (Å²) in [7, 11) is 0. The Hall–Kier alpha value is -11.2. The summed E-state index contributed by atoms with van der Waals surface area (Å²) in [5, 5.41) is 39.6. The smallest absolute Gasteiger partial charge is 0.334 e. The average molecular weight is 1340 g/mol. The molecule has 0 aliphatic carbocycles. The number of primary amides is 1. The quantitative estimate of drug-likeness (QED) is 0.00521. The average Bonchev–Trinajstić information content (AvgIpc) is 1.23. The number of guanidine groups is 1. The summed E-state index contributed by atoms with van der Waals surface area (Å²) in [6.07, 6.45) is -0.932. The Morgan fingerprint density at radius 1 is 0.604 bits per heavy atom. The molecule has 96 heavy (non-hydrogen) atoms. The molecule has 1 fully saturated rings. The van der Waals surface area contributed by atoms with Gasteiger partial charge >= 0.3 is 18.0 Å². The van der Waals surface area contributed by atoms with Gasteiger partial charge in [0.05, 0.1) is 32.8 Å². The molecule has 15 N–H and O–H groups in total. The summed E-state index contributed by atoms with van der Waals surface area (Å²) in [5.41, 5.74) is 12.5. The second-order valence-electron chi connectivity index (χ2n) is 21.7. The lowest BCUT2D eigenvalue weighted by Crippen LogP contribution is -2.58. The number of carbonyl (C=O) groups excluding carboxylic acids is 10. The van der Waals surface area contributed by atoms with E-state index in [9.17, 15) is 75.4 Å². The first-order valence-corrected chi connectivity index (χ1v) is 30.2. The molecule has 1 aliphatic rings. The normalized spacial score (nSPS) is 13.6. The van der Waals surface area contributed by atoms with Crippen molar-refractivity contribution in [2.24, 2.45) is 11.5 Å². The van der Waals surface area contributed by atoms with Gasteiger partial charge in [0.1, 0.15) is 36.0 Å². The predicted octanol–water partition coefficient (Wildman–Crippen LogP) is 2.54. The Labute approximate surface area is 547 Å². The molecule has 5 aromatic rings. The molecule has 5 aromatic carbocycles. The molecule has 0 unspecified atom stereocenters. The summed E-state index contributed by atoms with van der Waals surface area (Å²) in [6.45, 7) is -0.704. The van der Waals surface area contributed by atoms with Gasteiger partial charge in [0.15, 0.2) is 17.6 Å². The Bertz CT molecular complexity index is 3550. The number of likely N-dealkylation sites (tertiary alicyclic amines) is 1. The number of nitrogens with zero attached hydrogens (tertiary/aromatic N) is 1. The topological polar surface area (TPSA) is 423 Å². The highest BCUT2D eigenvalue weighted by Crippen LogP contribution is 2.29. The van der Waals surface area contributed by atoms with Crippen LogP contribution >= 0.6 is 0 Å². The fraction of sp³-hybridized carbons (Fsp3) is 0.344. The number of hydrogen-bond acceptors (Lipinski definition) is 15. The van der Waals surface area contributed by atoms with Gasteiger partial charge in [0.2, 0.25) is 58.7 Å². The number of amides is 10. The molecular formula is C64H73F4N13O15. The van der Waals surface area contributed by atoms with Crippen LogP contribution in [0.3, 0.4) is 0 Å². The highest BCUT2D eigenvalue weighted by molar-refractivity contribution is 6.02. The molecule has 1 aliphatic heterocycles. The third-order valence-corrected chi connectivity index (χ3v) is 14.3. The molecule has 32 heteroatoms. The van der Waals surface area contributed by atoms with Crippen LogP contribution in [0.1, 0.15) is 72.9 Å². The maximum absolute atomic E-state index is 14.6. The molecule has 10 amide bonds. The number of ether oxygens (including phenoxy) is 3. The number of carboxylic acids is 1. The maximum atomic E-state index is 14.6. The molecule has 6 rings (SSSR count). The molecule has 0 saturated carbocycles. The van der Waals surface area contributed by atoms with E-state index in [1.807, 2.05) is 0 Å². The number of carbonyl (C=O) groups is 11. The van der Waals surface area contributed by atoms with Gasteiger partial charge < -0.3 is 83.5 Å². The minimum Gasteiger partial charge on any atom is -0.494 e. The van der Waals surface area contributed by atoms with Gasteiger partial charge in [-0.1, -0.05) is 66.7 Å². The summed E-state index contributed by atoms with van der Waals surface area (Å²) in [5.74, 6) is -17.9. The van der Waals surface area contributed by atoms with E-state index in [2.05, 4.69) is 47.9 Å². The standard InChI is InChI=1S/C64H73F4N13O15/c65-43-34-44(66)55(68)56(54(43)67)96-62(92)49-18-9-27-81(49)61(91)48(32-38-13-5-2-6-14-38)80-58(88)45(17-8-25-73-64(71)93)79-60(90)46(31-37-11-3-1-4-12-37)77-51(83)24-29-94-30-26-72-50(82)19-10-28-95-42-22-20-40(21-23-42)75-59(89)47(35-53(85)86)78-52(84)36-74-57(87)39-15-7-16-41(33-39)76-63(69)70/h1-7,11-16,20-23,33-34,45-49H,8-10,17-19,24-32,35-36H2,(H,72,82)(H,74,87)(H,75,89)(H,77,83)(H,78,84)(H,79,90)(H,80,88)(H,85,86)(H4,69,70,76)(H3,71,73,93)/t45-,46-,47-,48-,49-/m0/s1. The summed E-state index contributed by atoms with van der Waals surface area (Å²) in [6, 6.07) is 20.6. The van der Waals surface area contributed by atoms with Crippen LogP contribution in [0.15, 0.2) is 115 Å². The van der Waals surface area contributed by atoms with Gasteiger partial charge in [-0.3, -0.25) is 48.6 Å². The van der Waals surface area contributed by atoms with E-state index in [0.29, 0.717) is 22.6 Å². The van der Waals surface area contributed by atoms with E-state index in [1.165, 1.54) is 42.5 Å². The van der Waals surface area contributed by atoms with Crippen LogP contribution in [-0.2, 0) is 60.7 Å². The SMILES string of the molecule is N=C(N)Nc1cccc(C(=O)NCC(=O)N[C@@H](CC(=O)O)C(=O)Nc2ccc(OCCCC(=O)NCCOCCC(=O)N[C@@H](Cc3ccccc3)C(=O)N[C@@H](CCCNC(N)=O)C(=O)N[C@@H](Cc3ccccc3)C(=O)N3CCC[C@H]3C(=O)Oc3c(F)c(F)cc(F)c3F)cc2)c1. The minimum absolute atomic E-state index is 0.000178. The molecule has 0 bridgehead atoms. The van der Waals surface area contributed by atoms with Gasteiger partial charge in [-0.15, -0.1) is 0 Å². The summed E-state index contributed by atoms with van der Waals surface area (Å²) in [4.78, 5) is 145. The number of rotatable bonds is 36. The van der Waals surface area contributed by atoms with Crippen molar-refractivity contribution in [3.8, 4) is 11.5 Å². The number of nitrogens with two attached hydrogens (primary N) is 2. The van der Waals surface area contributed by atoms with Crippen molar-refractivity contribution < 1.29 is 89.6 Å². The zero-order chi connectivity index (χ0) is 69.7. The number of hydrogen-bond donors (Lipinski definition) is 13. The molecule has 1 heterocycles. The largest absolute Gasteiger partial charge is 0.494 e. The van der Waals surface area contributed by atoms with Crippen molar-refractivity contribution in [1.82, 2.24) is 42.1 Å². The van der Waals surface area contributed by atoms with Gasteiger partial charge in [-0.05, 0) is 85.7 Å². The second kappa shape index (κ2) is 37.5. The summed E-state index contributed by atoms with van der Waals surface area (Å²) < 4.78 is 73.3. The van der Waals surface area contributed by atoms with Gasteiger partial charge in [0, 0.05) is 68.3 Å². The maximum Gasteiger partial charge on any atom is 0.334 e. The fourth-order valence-corrected chi connectivity index (χ4v) is 9.68. The Balaban J connectivity index is 0.958. The van der Waals surface area contributed by atoms with Crippen molar-refractivity contribution in [2.75, 3.05) is 56.6 Å². The molecule has 1 saturated heterocycles. The van der Waals surface area contributed by atoms with E-state index in [4.69, 9.17) is 31.1 Å². The van der Waals surface area contributed by atoms with Crippen LogP contribution in [0.4, 0.5) is 33.7 Å². The molecule has 0 spiro atoms. The van der Waals surface area contributed by atoms with Crippen LogP contribution in [0.25, 0.3) is 0 Å². The van der Waals surface area contributed by atoms with Crippen LogP contribution in [0.2, 0.25) is 0 Å². The lowest BCUT2D eigenvalue weighted by atomic mass is 10.0. The Morgan fingerprint density at radius 2 is 1.24 bits per heavy atom. The first kappa shape index (κ1) is 73.9. The lowest BCUT2D eigenvalue weighted by Gasteiger charge is -2.30. The number of nitrogens with one attached hydrogen (secondary N) is 10. The Morgan fingerprint density at radius 3 is 1.89 bits per heavy atom. The molecule has 5 atom stereocenters. The highest BCUT2D eigenvalue weighted by atomic mass is 19.2. The van der Waals surface area contributed by atoms with E-state index in [0.717, 1.165) is 4.90 Å². The zero-order valence-corrected chi connectivity index (χ0v) is 51.7. The number of urea groups is 1. The molecular weight excluding hydrogens is 1270 g/mol. The lowest BCUT2D eigenvalue weighted by molar-refractivity contribution is -0.148. The second-order valence-corrected chi connectivity index (χ2v) is 21.7. The zero-order valence-electron chi connectivity index (χ0n) is 51.7. The number of halogens is 4. The molecule has 512 valence electrons. The van der Waals surface area contributed by atoms with Crippen molar-refractivity contribution in [1.29, 1.82) is 5.41 Å². The fourth-order valence-electron chi connectivity index (χ4n) is 9.68. The van der Waals surface area contributed by atoms with E-state index >= 15 is 0 Å². The molecule has 0 radical (unpaired) electrons. The number of benzene rings is 5. The highest BCUT2D eigenvalue weighted by Gasteiger charge is 2.41. The first-order valence-electron chi connectivity index (χ1n) is 30.2. The third-order valence-electron chi connectivity index (χ3n) is 14.3. The van der Waals surface area contributed by atoms with Crippen LogP contribution in [0, 0.1) is 28.7 Å². The number of carboxylic acid groups (broad SMARTS) is 1. The van der Waals surface area contributed by atoms with Gasteiger partial charge in [-0.2, -0.15) is 8.78 Å².